The first kappa shape index (κ1) is 23.0. The standard InChI is InChI=1S/C26H37NO2S/c1-25(2,3)19-10-11-21(28)22(15-19)30-23-16-20(26(4,5)6)14-18(24(23)29)17-27-12-8-7-9-13-27/h10-11,14-16,28-29H,7-9,12-13,17H2,1-6H3. The molecule has 164 valence electrons. The molecule has 1 heterocycles. The van der Waals surface area contributed by atoms with Gasteiger partial charge in [-0.05, 0) is 66.1 Å². The summed E-state index contributed by atoms with van der Waals surface area (Å²) in [5.74, 6) is 0.602. The summed E-state index contributed by atoms with van der Waals surface area (Å²) in [5, 5.41) is 21.7. The van der Waals surface area contributed by atoms with Crippen LogP contribution in [0.15, 0.2) is 40.1 Å². The third kappa shape index (κ3) is 5.53. The summed E-state index contributed by atoms with van der Waals surface area (Å²) in [5.41, 5.74) is 3.34. The van der Waals surface area contributed by atoms with Crippen molar-refractivity contribution in [2.45, 2.75) is 88.0 Å². The molecular formula is C26H37NO2S. The van der Waals surface area contributed by atoms with Crippen molar-refractivity contribution < 1.29 is 10.2 Å². The number of hydrogen-bond donors (Lipinski definition) is 2. The molecule has 1 aliphatic heterocycles. The smallest absolute Gasteiger partial charge is 0.134 e. The zero-order valence-electron chi connectivity index (χ0n) is 19.4. The van der Waals surface area contributed by atoms with E-state index in [1.54, 1.807) is 6.07 Å². The molecule has 0 atom stereocenters. The summed E-state index contributed by atoms with van der Waals surface area (Å²) in [6, 6.07) is 10.0. The van der Waals surface area contributed by atoms with Crippen molar-refractivity contribution in [1.29, 1.82) is 0 Å². The normalized spacial score (nSPS) is 16.1. The number of phenolic OH excluding ortho intramolecular Hbond substituents is 2. The molecule has 2 aromatic rings. The predicted octanol–water partition coefficient (Wildman–Crippen LogP) is 6.83. The summed E-state index contributed by atoms with van der Waals surface area (Å²) < 4.78 is 0. The Balaban J connectivity index is 2.00. The van der Waals surface area contributed by atoms with E-state index < -0.39 is 0 Å². The zero-order valence-corrected chi connectivity index (χ0v) is 20.2. The first-order valence-electron chi connectivity index (χ1n) is 11.1. The first-order valence-corrected chi connectivity index (χ1v) is 11.9. The fraction of sp³-hybridized carbons (Fsp3) is 0.538. The summed E-state index contributed by atoms with van der Waals surface area (Å²) in [6.45, 7) is 16.1. The van der Waals surface area contributed by atoms with Gasteiger partial charge in [-0.15, -0.1) is 0 Å². The highest BCUT2D eigenvalue weighted by Crippen LogP contribution is 2.44. The molecule has 0 saturated carbocycles. The molecule has 0 unspecified atom stereocenters. The second kappa shape index (κ2) is 8.84. The van der Waals surface area contributed by atoms with Crippen LogP contribution in [0, 0.1) is 0 Å². The molecule has 0 radical (unpaired) electrons. The third-order valence-electron chi connectivity index (χ3n) is 5.91. The molecule has 4 heteroatoms. The lowest BCUT2D eigenvalue weighted by atomic mass is 9.86. The van der Waals surface area contributed by atoms with Gasteiger partial charge in [0, 0.05) is 12.1 Å². The highest BCUT2D eigenvalue weighted by Gasteiger charge is 2.22. The van der Waals surface area contributed by atoms with Gasteiger partial charge in [0.1, 0.15) is 11.5 Å². The zero-order chi connectivity index (χ0) is 22.1. The van der Waals surface area contributed by atoms with Crippen molar-refractivity contribution in [3.8, 4) is 11.5 Å². The van der Waals surface area contributed by atoms with Crippen LogP contribution in [0.4, 0.5) is 0 Å². The van der Waals surface area contributed by atoms with E-state index in [1.165, 1.54) is 42.2 Å². The van der Waals surface area contributed by atoms with Crippen molar-refractivity contribution in [3.05, 3.63) is 47.0 Å². The molecule has 1 saturated heterocycles. The minimum atomic E-state index is -0.0189. The van der Waals surface area contributed by atoms with E-state index in [1.807, 2.05) is 12.1 Å². The Kier molecular flexibility index (Phi) is 6.78. The molecule has 2 N–H and O–H groups in total. The average Bonchev–Trinajstić information content (AvgIpc) is 2.65. The van der Waals surface area contributed by atoms with Crippen molar-refractivity contribution in [2.24, 2.45) is 0 Å². The molecule has 0 amide bonds. The predicted molar refractivity (Wildman–Crippen MR) is 127 cm³/mol. The number of piperidine rings is 1. The number of rotatable bonds is 4. The van der Waals surface area contributed by atoms with Crippen LogP contribution in [0.1, 0.15) is 77.5 Å². The van der Waals surface area contributed by atoms with E-state index in [2.05, 4.69) is 58.6 Å². The van der Waals surface area contributed by atoms with Gasteiger partial charge in [0.2, 0.25) is 0 Å². The van der Waals surface area contributed by atoms with Crippen molar-refractivity contribution in [3.63, 3.8) is 0 Å². The van der Waals surface area contributed by atoms with E-state index in [-0.39, 0.29) is 16.6 Å². The fourth-order valence-corrected chi connectivity index (χ4v) is 4.85. The lowest BCUT2D eigenvalue weighted by Gasteiger charge is -2.28. The molecule has 1 aliphatic rings. The van der Waals surface area contributed by atoms with Crippen molar-refractivity contribution >= 4 is 11.8 Å². The second-order valence-corrected chi connectivity index (χ2v) is 11.7. The second-order valence-electron chi connectivity index (χ2n) is 10.6. The van der Waals surface area contributed by atoms with Crippen LogP contribution in [-0.2, 0) is 17.4 Å². The Labute approximate surface area is 186 Å². The van der Waals surface area contributed by atoms with E-state index >= 15 is 0 Å². The van der Waals surface area contributed by atoms with Gasteiger partial charge in [-0.3, -0.25) is 4.90 Å². The molecule has 0 spiro atoms. The number of benzene rings is 2. The van der Waals surface area contributed by atoms with Crippen LogP contribution in [0.25, 0.3) is 0 Å². The minimum Gasteiger partial charge on any atom is -0.507 e. The highest BCUT2D eigenvalue weighted by atomic mass is 32.2. The van der Waals surface area contributed by atoms with Gasteiger partial charge >= 0.3 is 0 Å². The van der Waals surface area contributed by atoms with Crippen LogP contribution in [0.5, 0.6) is 11.5 Å². The number of nitrogens with zero attached hydrogens (tertiary/aromatic N) is 1. The van der Waals surface area contributed by atoms with Gasteiger partial charge < -0.3 is 10.2 Å². The molecule has 2 aromatic carbocycles. The third-order valence-corrected chi connectivity index (χ3v) is 6.99. The Morgan fingerprint density at radius 3 is 2.00 bits per heavy atom. The molecule has 30 heavy (non-hydrogen) atoms. The monoisotopic (exact) mass is 427 g/mol. The lowest BCUT2D eigenvalue weighted by molar-refractivity contribution is 0.218. The number of phenols is 2. The molecule has 1 fully saturated rings. The van der Waals surface area contributed by atoms with Gasteiger partial charge in [0.25, 0.3) is 0 Å². The molecular weight excluding hydrogens is 390 g/mol. The molecule has 0 aromatic heterocycles. The van der Waals surface area contributed by atoms with E-state index in [9.17, 15) is 10.2 Å². The van der Waals surface area contributed by atoms with Crippen LogP contribution in [-0.4, -0.2) is 28.2 Å². The van der Waals surface area contributed by atoms with Crippen LogP contribution >= 0.6 is 11.8 Å². The fourth-order valence-electron chi connectivity index (χ4n) is 3.84. The number of hydrogen-bond acceptors (Lipinski definition) is 4. The number of aromatic hydroxyl groups is 2. The SMILES string of the molecule is CC(C)(C)c1ccc(O)c(Sc2cc(C(C)(C)C)cc(CN3CCCCC3)c2O)c1. The maximum Gasteiger partial charge on any atom is 0.134 e. The topological polar surface area (TPSA) is 43.7 Å². The van der Waals surface area contributed by atoms with Crippen molar-refractivity contribution in [1.82, 2.24) is 4.90 Å². The summed E-state index contributed by atoms with van der Waals surface area (Å²) in [6.07, 6.45) is 3.76. The summed E-state index contributed by atoms with van der Waals surface area (Å²) >= 11 is 1.46. The maximum absolute atomic E-state index is 11.2. The maximum atomic E-state index is 11.2. The Hall–Kier alpha value is -1.65. The first-order chi connectivity index (χ1) is 13.9. The van der Waals surface area contributed by atoms with Gasteiger partial charge in [-0.25, -0.2) is 0 Å². The summed E-state index contributed by atoms with van der Waals surface area (Å²) in [4.78, 5) is 4.04. The Morgan fingerprint density at radius 1 is 0.800 bits per heavy atom. The van der Waals surface area contributed by atoms with Crippen LogP contribution < -0.4 is 0 Å². The molecule has 0 aliphatic carbocycles. The van der Waals surface area contributed by atoms with E-state index in [4.69, 9.17) is 0 Å². The Bertz CT molecular complexity index is 887. The van der Waals surface area contributed by atoms with Gasteiger partial charge in [-0.1, -0.05) is 71.9 Å². The van der Waals surface area contributed by atoms with Crippen molar-refractivity contribution in [2.75, 3.05) is 13.1 Å². The minimum absolute atomic E-state index is 0.00225. The largest absolute Gasteiger partial charge is 0.507 e. The van der Waals surface area contributed by atoms with Crippen LogP contribution in [0.2, 0.25) is 0 Å². The average molecular weight is 428 g/mol. The number of likely N-dealkylation sites (tertiary alicyclic amines) is 1. The van der Waals surface area contributed by atoms with Gasteiger partial charge in [-0.2, -0.15) is 0 Å². The van der Waals surface area contributed by atoms with E-state index in [0.717, 1.165) is 35.0 Å². The quantitative estimate of drug-likeness (QED) is 0.561. The molecule has 3 nitrogen and oxygen atoms in total. The van der Waals surface area contributed by atoms with Gasteiger partial charge in [0.05, 0.1) is 9.79 Å². The Morgan fingerprint density at radius 2 is 1.40 bits per heavy atom. The van der Waals surface area contributed by atoms with Gasteiger partial charge in [0.15, 0.2) is 0 Å². The summed E-state index contributed by atoms with van der Waals surface area (Å²) in [7, 11) is 0. The molecule has 3 rings (SSSR count). The molecule has 0 bridgehead atoms. The van der Waals surface area contributed by atoms with E-state index in [0.29, 0.717) is 5.75 Å². The van der Waals surface area contributed by atoms with Crippen LogP contribution in [0.3, 0.4) is 0 Å². The lowest BCUT2D eigenvalue weighted by Crippen LogP contribution is -2.29. The highest BCUT2D eigenvalue weighted by molar-refractivity contribution is 7.99.